The van der Waals surface area contributed by atoms with Crippen LogP contribution in [0.15, 0.2) is 23.8 Å². The van der Waals surface area contributed by atoms with Gasteiger partial charge in [-0.3, -0.25) is 4.79 Å². The lowest BCUT2D eigenvalue weighted by Gasteiger charge is -2.32. The van der Waals surface area contributed by atoms with E-state index in [4.69, 9.17) is 14.6 Å². The van der Waals surface area contributed by atoms with Crippen LogP contribution in [-0.2, 0) is 27.3 Å². The van der Waals surface area contributed by atoms with Crippen molar-refractivity contribution >= 4 is 40.2 Å². The van der Waals surface area contributed by atoms with Crippen LogP contribution < -0.4 is 4.90 Å². The van der Waals surface area contributed by atoms with Gasteiger partial charge < -0.3 is 19.6 Å². The van der Waals surface area contributed by atoms with Crippen LogP contribution in [0, 0.1) is 0 Å². The van der Waals surface area contributed by atoms with Crippen molar-refractivity contribution in [3.05, 3.63) is 28.7 Å². The van der Waals surface area contributed by atoms with Gasteiger partial charge in [-0.25, -0.2) is 19.4 Å². The first-order chi connectivity index (χ1) is 17.2. The van der Waals surface area contributed by atoms with Crippen LogP contribution in [0.5, 0.6) is 0 Å². The summed E-state index contributed by atoms with van der Waals surface area (Å²) in [5.41, 5.74) is 1.45. The van der Waals surface area contributed by atoms with Gasteiger partial charge in [0.1, 0.15) is 6.33 Å². The second kappa shape index (κ2) is 11.2. The molecular weight excluding hydrogens is 503 g/mol. The molecule has 2 saturated heterocycles. The molecule has 15 heteroatoms. The van der Waals surface area contributed by atoms with Gasteiger partial charge in [0.2, 0.25) is 5.91 Å². The Morgan fingerprint density at radius 3 is 2.61 bits per heavy atom. The highest BCUT2D eigenvalue weighted by molar-refractivity contribution is 7.10. The number of carbonyl (C=O) groups excluding carboxylic acids is 1. The average Bonchev–Trinajstić information content (AvgIpc) is 3.62. The van der Waals surface area contributed by atoms with E-state index in [0.29, 0.717) is 38.3 Å². The van der Waals surface area contributed by atoms with Crippen LogP contribution in [0.3, 0.4) is 0 Å². The smallest absolute Gasteiger partial charge is 0.475 e. The average molecular weight is 528 g/mol. The van der Waals surface area contributed by atoms with Crippen LogP contribution in [0.2, 0.25) is 0 Å². The highest BCUT2D eigenvalue weighted by atomic mass is 32.1. The van der Waals surface area contributed by atoms with Gasteiger partial charge in [-0.05, 0) is 24.3 Å². The molecule has 36 heavy (non-hydrogen) atoms. The third-order valence-electron chi connectivity index (χ3n) is 5.70. The van der Waals surface area contributed by atoms with Crippen molar-refractivity contribution in [2.75, 3.05) is 37.7 Å². The number of ether oxygens (including phenoxy) is 1. The summed E-state index contributed by atoms with van der Waals surface area (Å²) in [6, 6.07) is 3.98. The van der Waals surface area contributed by atoms with Crippen molar-refractivity contribution in [2.24, 2.45) is 0 Å². The van der Waals surface area contributed by atoms with Crippen LogP contribution in [0.25, 0.3) is 11.2 Å². The highest BCUT2D eigenvalue weighted by Crippen LogP contribution is 2.24. The summed E-state index contributed by atoms with van der Waals surface area (Å²) in [5.74, 6) is -1.76. The predicted octanol–water partition coefficient (Wildman–Crippen LogP) is 1.99. The van der Waals surface area contributed by atoms with E-state index in [1.54, 1.807) is 22.3 Å². The molecule has 0 bridgehead atoms. The number of rotatable bonds is 5. The number of fused-ring (bicyclic) bond motifs is 1. The van der Waals surface area contributed by atoms with Gasteiger partial charge in [0, 0.05) is 31.1 Å². The molecule has 3 aromatic rings. The van der Waals surface area contributed by atoms with Crippen LogP contribution >= 0.6 is 11.3 Å². The standard InChI is InChI=1S/C19H23N7O2S.C2HF3O2/c27-16(10-15-4-3-9-29-15)25-7-8-28-14(11-25)12-26-19-17(22-23-26)18(20-13-21-19)24-5-1-2-6-24;3-2(4,5)1(6)7/h3-4,9,13-14H,1-2,5-8,10-12H2;(H,6,7). The first kappa shape index (κ1) is 25.8. The zero-order chi connectivity index (χ0) is 25.7. The van der Waals surface area contributed by atoms with E-state index in [2.05, 4.69) is 25.2 Å². The molecule has 5 rings (SSSR count). The van der Waals surface area contributed by atoms with Crippen molar-refractivity contribution in [1.29, 1.82) is 0 Å². The number of halogens is 3. The van der Waals surface area contributed by atoms with Gasteiger partial charge in [0.25, 0.3) is 0 Å². The lowest BCUT2D eigenvalue weighted by Crippen LogP contribution is -2.47. The maximum atomic E-state index is 12.6. The summed E-state index contributed by atoms with van der Waals surface area (Å²) in [5, 5.41) is 17.8. The fraction of sp³-hybridized carbons (Fsp3) is 0.524. The van der Waals surface area contributed by atoms with Crippen molar-refractivity contribution in [2.45, 2.75) is 38.1 Å². The number of alkyl halides is 3. The Bertz CT molecular complexity index is 1180. The number of nitrogens with zero attached hydrogens (tertiary/aromatic N) is 7. The third kappa shape index (κ3) is 6.26. The molecule has 0 aromatic carbocycles. The van der Waals surface area contributed by atoms with Crippen molar-refractivity contribution < 1.29 is 32.6 Å². The lowest BCUT2D eigenvalue weighted by atomic mass is 10.2. The van der Waals surface area contributed by atoms with Crippen LogP contribution in [0.4, 0.5) is 19.0 Å². The maximum Gasteiger partial charge on any atom is 0.490 e. The number of amides is 1. The normalized spacial score (nSPS) is 18.2. The summed E-state index contributed by atoms with van der Waals surface area (Å²) in [7, 11) is 0. The summed E-state index contributed by atoms with van der Waals surface area (Å²) >= 11 is 1.61. The monoisotopic (exact) mass is 527 g/mol. The van der Waals surface area contributed by atoms with Gasteiger partial charge in [0.05, 0.1) is 25.7 Å². The number of carboxylic acid groups (broad SMARTS) is 1. The molecule has 1 atom stereocenters. The summed E-state index contributed by atoms with van der Waals surface area (Å²) in [6.07, 6.45) is -0.848. The SMILES string of the molecule is O=C(Cc1cccs1)N1CCOC(Cn2nnc3c(N4CCCC4)ncnc32)C1.O=C(O)C(F)(F)F. The molecule has 194 valence electrons. The molecule has 2 aliphatic heterocycles. The quantitative estimate of drug-likeness (QED) is 0.530. The second-order valence-corrected chi connectivity index (χ2v) is 9.26. The Hall–Kier alpha value is -3.33. The van der Waals surface area contributed by atoms with E-state index in [1.807, 2.05) is 22.4 Å². The zero-order valence-electron chi connectivity index (χ0n) is 19.1. The van der Waals surface area contributed by atoms with Gasteiger partial charge in [0.15, 0.2) is 17.0 Å². The van der Waals surface area contributed by atoms with Gasteiger partial charge in [-0.1, -0.05) is 11.3 Å². The molecule has 11 nitrogen and oxygen atoms in total. The Balaban J connectivity index is 0.000000384. The van der Waals surface area contributed by atoms with E-state index in [0.717, 1.165) is 29.3 Å². The van der Waals surface area contributed by atoms with E-state index in [-0.39, 0.29) is 12.0 Å². The number of aromatic nitrogens is 5. The number of morpholine rings is 1. The minimum atomic E-state index is -5.08. The minimum Gasteiger partial charge on any atom is -0.475 e. The Morgan fingerprint density at radius 2 is 1.94 bits per heavy atom. The molecule has 2 aliphatic rings. The lowest BCUT2D eigenvalue weighted by molar-refractivity contribution is -0.192. The minimum absolute atomic E-state index is 0.133. The van der Waals surface area contributed by atoms with Crippen molar-refractivity contribution in [3.8, 4) is 0 Å². The molecule has 3 aromatic heterocycles. The first-order valence-electron chi connectivity index (χ1n) is 11.2. The summed E-state index contributed by atoms with van der Waals surface area (Å²) in [6.45, 7) is 4.20. The fourth-order valence-electron chi connectivity index (χ4n) is 3.99. The number of carboxylic acids is 1. The predicted molar refractivity (Wildman–Crippen MR) is 123 cm³/mol. The number of thiophene rings is 1. The fourth-order valence-corrected chi connectivity index (χ4v) is 4.68. The summed E-state index contributed by atoms with van der Waals surface area (Å²) < 4.78 is 39.4. The maximum absolute atomic E-state index is 12.6. The largest absolute Gasteiger partial charge is 0.490 e. The van der Waals surface area contributed by atoms with Gasteiger partial charge in [-0.15, -0.1) is 16.4 Å². The van der Waals surface area contributed by atoms with E-state index >= 15 is 0 Å². The number of aliphatic carboxylic acids is 1. The molecule has 2 fully saturated rings. The molecule has 0 saturated carbocycles. The number of hydrogen-bond acceptors (Lipinski definition) is 9. The zero-order valence-corrected chi connectivity index (χ0v) is 19.9. The van der Waals surface area contributed by atoms with Crippen LogP contribution in [-0.4, -0.2) is 91.9 Å². The van der Waals surface area contributed by atoms with Gasteiger partial charge >= 0.3 is 12.1 Å². The molecule has 5 heterocycles. The highest BCUT2D eigenvalue weighted by Gasteiger charge is 2.38. The second-order valence-electron chi connectivity index (χ2n) is 8.23. The molecule has 0 radical (unpaired) electrons. The van der Waals surface area contributed by atoms with Gasteiger partial charge in [-0.2, -0.15) is 13.2 Å². The molecule has 0 aliphatic carbocycles. The van der Waals surface area contributed by atoms with Crippen molar-refractivity contribution in [3.63, 3.8) is 0 Å². The van der Waals surface area contributed by atoms with E-state index < -0.39 is 12.1 Å². The molecule has 1 N–H and O–H groups in total. The first-order valence-corrected chi connectivity index (χ1v) is 12.1. The summed E-state index contributed by atoms with van der Waals surface area (Å²) in [4.78, 5) is 35.6. The third-order valence-corrected chi connectivity index (χ3v) is 6.58. The molecule has 0 spiro atoms. The molecular formula is C21H24F3N7O4S. The number of carbonyl (C=O) groups is 2. The topological polar surface area (TPSA) is 127 Å². The number of anilines is 1. The van der Waals surface area contributed by atoms with Crippen molar-refractivity contribution in [1.82, 2.24) is 29.9 Å². The Labute approximate surface area is 207 Å². The van der Waals surface area contributed by atoms with E-state index in [1.165, 1.54) is 12.8 Å². The van der Waals surface area contributed by atoms with Crippen LogP contribution in [0.1, 0.15) is 17.7 Å². The molecule has 1 unspecified atom stereocenters. The number of hydrogen-bond donors (Lipinski definition) is 1. The van der Waals surface area contributed by atoms with E-state index in [9.17, 15) is 18.0 Å². The Morgan fingerprint density at radius 1 is 1.19 bits per heavy atom. The molecule has 1 amide bonds. The Kier molecular flexibility index (Phi) is 7.98.